The first kappa shape index (κ1) is 21.5. The fraction of sp³-hybridized carbons (Fsp3) is 0.250. The van der Waals surface area contributed by atoms with E-state index in [2.05, 4.69) is 5.32 Å². The van der Waals surface area contributed by atoms with E-state index in [0.29, 0.717) is 11.3 Å². The van der Waals surface area contributed by atoms with Crippen LogP contribution < -0.4 is 10.1 Å². The predicted molar refractivity (Wildman–Crippen MR) is 103 cm³/mol. The molecule has 29 heavy (non-hydrogen) atoms. The monoisotopic (exact) mass is 400 g/mol. The molecule has 1 unspecified atom stereocenters. The van der Waals surface area contributed by atoms with Crippen molar-refractivity contribution in [3.05, 3.63) is 69.8 Å². The van der Waals surface area contributed by atoms with Crippen molar-refractivity contribution in [1.82, 2.24) is 5.32 Å². The molecule has 0 saturated carbocycles. The molecule has 0 aliphatic rings. The normalized spacial score (nSPS) is 11.2. The Balaban J connectivity index is 1.78. The lowest BCUT2D eigenvalue weighted by Gasteiger charge is -2.13. The fourth-order valence-electron chi connectivity index (χ4n) is 2.41. The minimum absolute atomic E-state index is 0.00188. The standard InChI is InChI=1S/C20H20N2O7/c1-13(19(24)14-5-9-17(28-2)10-6-14)29-18(23)11-12-21-20(25)15-3-7-16(8-4-15)22(26)27/h3-10,13H,11-12H2,1-2H3,(H,21,25). The van der Waals surface area contributed by atoms with E-state index in [1.165, 1.54) is 38.3 Å². The van der Waals surface area contributed by atoms with E-state index < -0.39 is 22.9 Å². The van der Waals surface area contributed by atoms with E-state index in [-0.39, 0.29) is 30.0 Å². The number of ketones is 1. The third-order valence-corrected chi connectivity index (χ3v) is 4.01. The minimum atomic E-state index is -0.971. The van der Waals surface area contributed by atoms with Crippen LogP contribution in [-0.2, 0) is 9.53 Å². The highest BCUT2D eigenvalue weighted by Crippen LogP contribution is 2.14. The number of rotatable bonds is 9. The van der Waals surface area contributed by atoms with Crippen molar-refractivity contribution in [2.24, 2.45) is 0 Å². The van der Waals surface area contributed by atoms with Crippen molar-refractivity contribution in [1.29, 1.82) is 0 Å². The van der Waals surface area contributed by atoms with E-state index in [1.807, 2.05) is 0 Å². The van der Waals surface area contributed by atoms with Gasteiger partial charge >= 0.3 is 5.97 Å². The number of carbonyl (C=O) groups is 3. The van der Waals surface area contributed by atoms with Crippen LogP contribution in [0.25, 0.3) is 0 Å². The number of nitro groups is 1. The lowest BCUT2D eigenvalue weighted by Crippen LogP contribution is -2.29. The molecule has 2 aromatic rings. The van der Waals surface area contributed by atoms with Crippen LogP contribution in [0.2, 0.25) is 0 Å². The van der Waals surface area contributed by atoms with Crippen molar-refractivity contribution < 1.29 is 28.8 Å². The van der Waals surface area contributed by atoms with Gasteiger partial charge in [-0.2, -0.15) is 0 Å². The molecule has 0 bridgehead atoms. The van der Waals surface area contributed by atoms with Crippen LogP contribution in [0.3, 0.4) is 0 Å². The number of Topliss-reactive ketones (excluding diaryl/α,β-unsaturated/α-hetero) is 1. The van der Waals surface area contributed by atoms with Crippen molar-refractivity contribution in [3.8, 4) is 5.75 Å². The van der Waals surface area contributed by atoms with E-state index in [4.69, 9.17) is 9.47 Å². The van der Waals surface area contributed by atoms with Gasteiger partial charge in [-0.3, -0.25) is 24.5 Å². The van der Waals surface area contributed by atoms with Crippen LogP contribution in [-0.4, -0.2) is 42.3 Å². The SMILES string of the molecule is COc1ccc(C(=O)C(C)OC(=O)CCNC(=O)c2ccc([N+](=O)[O-])cc2)cc1. The summed E-state index contributed by atoms with van der Waals surface area (Å²) in [7, 11) is 1.52. The summed E-state index contributed by atoms with van der Waals surface area (Å²) in [6.45, 7) is 1.47. The van der Waals surface area contributed by atoms with Gasteiger partial charge in [0.2, 0.25) is 5.78 Å². The quantitative estimate of drug-likeness (QED) is 0.297. The second-order valence-corrected chi connectivity index (χ2v) is 6.03. The summed E-state index contributed by atoms with van der Waals surface area (Å²) in [5, 5.41) is 13.1. The summed E-state index contributed by atoms with van der Waals surface area (Å²) in [6, 6.07) is 11.5. The number of amides is 1. The molecule has 0 aliphatic carbocycles. The molecule has 1 amide bonds. The molecule has 2 rings (SSSR count). The first-order chi connectivity index (χ1) is 13.8. The Labute approximate surface area is 166 Å². The molecule has 0 aromatic heterocycles. The Morgan fingerprint density at radius 1 is 1.03 bits per heavy atom. The van der Waals surface area contributed by atoms with E-state index in [1.54, 1.807) is 24.3 Å². The third-order valence-electron chi connectivity index (χ3n) is 4.01. The maximum Gasteiger partial charge on any atom is 0.308 e. The first-order valence-electron chi connectivity index (χ1n) is 8.72. The molecule has 152 valence electrons. The number of methoxy groups -OCH3 is 1. The van der Waals surface area contributed by atoms with Gasteiger partial charge in [-0.1, -0.05) is 0 Å². The number of benzene rings is 2. The number of ether oxygens (including phenoxy) is 2. The average molecular weight is 400 g/mol. The molecule has 0 radical (unpaired) electrons. The molecule has 1 N–H and O–H groups in total. The Kier molecular flexibility index (Phi) is 7.41. The van der Waals surface area contributed by atoms with Crippen LogP contribution in [0.4, 0.5) is 5.69 Å². The second-order valence-electron chi connectivity index (χ2n) is 6.03. The Morgan fingerprint density at radius 2 is 1.62 bits per heavy atom. The van der Waals surface area contributed by atoms with Crippen molar-refractivity contribution >= 4 is 23.3 Å². The topological polar surface area (TPSA) is 125 Å². The molecular formula is C20H20N2O7. The number of hydrogen-bond acceptors (Lipinski definition) is 7. The average Bonchev–Trinajstić information content (AvgIpc) is 2.73. The van der Waals surface area contributed by atoms with Crippen LogP contribution >= 0.6 is 0 Å². The molecule has 1 atom stereocenters. The highest BCUT2D eigenvalue weighted by Gasteiger charge is 2.19. The Hall–Kier alpha value is -3.75. The number of nitrogens with zero attached hydrogens (tertiary/aromatic N) is 1. The molecule has 2 aromatic carbocycles. The highest BCUT2D eigenvalue weighted by atomic mass is 16.6. The number of nitrogens with one attached hydrogen (secondary N) is 1. The van der Waals surface area contributed by atoms with E-state index in [0.717, 1.165) is 0 Å². The van der Waals surface area contributed by atoms with Crippen LogP contribution in [0, 0.1) is 10.1 Å². The molecule has 0 fully saturated rings. The van der Waals surface area contributed by atoms with Gasteiger partial charge in [0.05, 0.1) is 18.5 Å². The molecule has 9 nitrogen and oxygen atoms in total. The number of carbonyl (C=O) groups excluding carboxylic acids is 3. The van der Waals surface area contributed by atoms with Gasteiger partial charge in [0, 0.05) is 29.8 Å². The molecule has 0 spiro atoms. The number of non-ortho nitro benzene ring substituents is 1. The zero-order valence-corrected chi connectivity index (χ0v) is 15.9. The largest absolute Gasteiger partial charge is 0.497 e. The van der Waals surface area contributed by atoms with Gasteiger partial charge < -0.3 is 14.8 Å². The lowest BCUT2D eigenvalue weighted by atomic mass is 10.1. The summed E-state index contributed by atoms with van der Waals surface area (Å²) in [5.74, 6) is -0.857. The summed E-state index contributed by atoms with van der Waals surface area (Å²) >= 11 is 0. The third kappa shape index (κ3) is 6.13. The van der Waals surface area contributed by atoms with Crippen molar-refractivity contribution in [3.63, 3.8) is 0 Å². The minimum Gasteiger partial charge on any atom is -0.497 e. The number of esters is 1. The first-order valence-corrected chi connectivity index (χ1v) is 8.72. The van der Waals surface area contributed by atoms with Crippen molar-refractivity contribution in [2.75, 3.05) is 13.7 Å². The predicted octanol–water partition coefficient (Wildman–Crippen LogP) is 2.54. The van der Waals surface area contributed by atoms with Gasteiger partial charge in [-0.25, -0.2) is 0 Å². The summed E-state index contributed by atoms with van der Waals surface area (Å²) in [5.41, 5.74) is 0.491. The summed E-state index contributed by atoms with van der Waals surface area (Å²) < 4.78 is 10.1. The maximum absolute atomic E-state index is 12.3. The fourth-order valence-corrected chi connectivity index (χ4v) is 2.41. The highest BCUT2D eigenvalue weighted by molar-refractivity contribution is 6.00. The Bertz CT molecular complexity index is 892. The van der Waals surface area contributed by atoms with Crippen molar-refractivity contribution in [2.45, 2.75) is 19.4 Å². The van der Waals surface area contributed by atoms with Gasteiger partial charge in [-0.05, 0) is 43.3 Å². The second kappa shape index (κ2) is 9.98. The number of hydrogen-bond donors (Lipinski definition) is 1. The van der Waals surface area contributed by atoms with Gasteiger partial charge in [0.15, 0.2) is 6.10 Å². The summed E-state index contributed by atoms with van der Waals surface area (Å²) in [6.07, 6.45) is -1.10. The van der Waals surface area contributed by atoms with Crippen LogP contribution in [0.15, 0.2) is 48.5 Å². The summed E-state index contributed by atoms with van der Waals surface area (Å²) in [4.78, 5) is 46.2. The molecule has 0 aliphatic heterocycles. The molecular weight excluding hydrogens is 380 g/mol. The zero-order chi connectivity index (χ0) is 21.4. The lowest BCUT2D eigenvalue weighted by molar-refractivity contribution is -0.384. The smallest absolute Gasteiger partial charge is 0.308 e. The Morgan fingerprint density at radius 3 is 2.17 bits per heavy atom. The van der Waals surface area contributed by atoms with Gasteiger partial charge in [0.1, 0.15) is 5.75 Å². The van der Waals surface area contributed by atoms with Gasteiger partial charge in [0.25, 0.3) is 11.6 Å². The van der Waals surface area contributed by atoms with Crippen LogP contribution in [0.1, 0.15) is 34.1 Å². The zero-order valence-electron chi connectivity index (χ0n) is 15.9. The van der Waals surface area contributed by atoms with Gasteiger partial charge in [-0.15, -0.1) is 0 Å². The molecule has 9 heteroatoms. The number of nitro benzene ring substituents is 1. The van der Waals surface area contributed by atoms with Crippen LogP contribution in [0.5, 0.6) is 5.75 Å². The van der Waals surface area contributed by atoms with E-state index >= 15 is 0 Å². The molecule has 0 saturated heterocycles. The van der Waals surface area contributed by atoms with E-state index in [9.17, 15) is 24.5 Å². The maximum atomic E-state index is 12.3. The molecule has 0 heterocycles.